The van der Waals surface area contributed by atoms with Crippen LogP contribution in [0.25, 0.3) is 0 Å². The van der Waals surface area contributed by atoms with Crippen molar-refractivity contribution >= 4 is 5.78 Å². The van der Waals surface area contributed by atoms with E-state index in [0.29, 0.717) is 11.7 Å². The van der Waals surface area contributed by atoms with Crippen molar-refractivity contribution in [3.63, 3.8) is 0 Å². The van der Waals surface area contributed by atoms with Crippen molar-refractivity contribution in [3.05, 3.63) is 0 Å². The maximum absolute atomic E-state index is 11.1. The zero-order valence-corrected chi connectivity index (χ0v) is 5.34. The third-order valence-corrected chi connectivity index (χ3v) is 3.52. The van der Waals surface area contributed by atoms with Crippen molar-refractivity contribution in [1.29, 1.82) is 0 Å². The van der Waals surface area contributed by atoms with Crippen LogP contribution in [-0.2, 0) is 4.79 Å². The molecule has 0 spiro atoms. The van der Waals surface area contributed by atoms with Crippen molar-refractivity contribution in [2.45, 2.75) is 19.3 Å². The van der Waals surface area contributed by atoms with Gasteiger partial charge in [-0.25, -0.2) is 0 Å². The van der Waals surface area contributed by atoms with Crippen molar-refractivity contribution < 1.29 is 4.79 Å². The molecule has 0 aromatic rings. The molecule has 3 saturated carbocycles. The van der Waals surface area contributed by atoms with Crippen molar-refractivity contribution in [1.82, 2.24) is 0 Å². The second kappa shape index (κ2) is 1.09. The van der Waals surface area contributed by atoms with Gasteiger partial charge in [-0.3, -0.25) is 4.79 Å². The lowest BCUT2D eigenvalue weighted by atomic mass is 10.0. The molecule has 3 fully saturated rings. The molecule has 0 aromatic carbocycles. The van der Waals surface area contributed by atoms with Gasteiger partial charge in [-0.15, -0.1) is 0 Å². The molecule has 4 unspecified atom stereocenters. The number of rotatable bonds is 0. The molecule has 0 bridgehead atoms. The first-order valence-electron chi connectivity index (χ1n) is 3.90. The second-order valence-corrected chi connectivity index (χ2v) is 3.76. The SMILES string of the molecule is O=C1CC2C3CCC1C32. The van der Waals surface area contributed by atoms with Crippen molar-refractivity contribution in [2.75, 3.05) is 0 Å². The Morgan fingerprint density at radius 1 is 1.22 bits per heavy atom. The van der Waals surface area contributed by atoms with Gasteiger partial charge < -0.3 is 0 Å². The van der Waals surface area contributed by atoms with Crippen LogP contribution in [0.3, 0.4) is 0 Å². The van der Waals surface area contributed by atoms with Gasteiger partial charge in [0.1, 0.15) is 5.78 Å². The molecule has 3 rings (SSSR count). The fraction of sp³-hybridized carbons (Fsp3) is 0.875. The highest BCUT2D eigenvalue weighted by atomic mass is 16.1. The Morgan fingerprint density at radius 3 is 2.78 bits per heavy atom. The third kappa shape index (κ3) is 0.347. The maximum Gasteiger partial charge on any atom is 0.136 e. The molecule has 9 heavy (non-hydrogen) atoms. The average Bonchev–Trinajstić information content (AvgIpc) is 2.30. The van der Waals surface area contributed by atoms with Crippen molar-refractivity contribution in [3.8, 4) is 0 Å². The van der Waals surface area contributed by atoms with Gasteiger partial charge in [-0.1, -0.05) is 0 Å². The van der Waals surface area contributed by atoms with Crippen LogP contribution in [0.5, 0.6) is 0 Å². The predicted octanol–water partition coefficient (Wildman–Crippen LogP) is 1.23. The van der Waals surface area contributed by atoms with Gasteiger partial charge in [-0.2, -0.15) is 0 Å². The first-order valence-corrected chi connectivity index (χ1v) is 3.90. The first kappa shape index (κ1) is 4.48. The second-order valence-electron chi connectivity index (χ2n) is 3.76. The summed E-state index contributed by atoms with van der Waals surface area (Å²) < 4.78 is 0. The minimum absolute atomic E-state index is 0.542. The Labute approximate surface area is 54.4 Å². The summed E-state index contributed by atoms with van der Waals surface area (Å²) in [5, 5.41) is 0. The molecule has 4 atom stereocenters. The van der Waals surface area contributed by atoms with Gasteiger partial charge in [-0.05, 0) is 30.6 Å². The van der Waals surface area contributed by atoms with E-state index >= 15 is 0 Å². The molecule has 0 saturated heterocycles. The lowest BCUT2D eigenvalue weighted by molar-refractivity contribution is -0.121. The third-order valence-electron chi connectivity index (χ3n) is 3.52. The van der Waals surface area contributed by atoms with Crippen LogP contribution >= 0.6 is 0 Å². The van der Waals surface area contributed by atoms with Crippen LogP contribution in [-0.4, -0.2) is 5.78 Å². The largest absolute Gasteiger partial charge is 0.299 e. The first-order chi connectivity index (χ1) is 4.38. The average molecular weight is 122 g/mol. The molecule has 48 valence electrons. The summed E-state index contributed by atoms with van der Waals surface area (Å²) in [6.07, 6.45) is 3.54. The molecule has 0 N–H and O–H groups in total. The van der Waals surface area contributed by atoms with E-state index in [4.69, 9.17) is 0 Å². The molecule has 0 amide bonds. The van der Waals surface area contributed by atoms with E-state index in [1.54, 1.807) is 0 Å². The lowest BCUT2D eigenvalue weighted by Crippen LogP contribution is -2.06. The predicted molar refractivity (Wildman–Crippen MR) is 32.8 cm³/mol. The fourth-order valence-electron chi connectivity index (χ4n) is 3.09. The Kier molecular flexibility index (Phi) is 0.544. The molecular formula is C8H10O. The number of carbonyl (C=O) groups excluding carboxylic acids is 1. The minimum Gasteiger partial charge on any atom is -0.299 e. The summed E-state index contributed by atoms with van der Waals surface area (Å²) in [5.41, 5.74) is 0. The zero-order chi connectivity index (χ0) is 6.01. The number of hydrogen-bond acceptors (Lipinski definition) is 1. The molecule has 1 nitrogen and oxygen atoms in total. The molecule has 1 heteroatoms. The topological polar surface area (TPSA) is 17.1 Å². The van der Waals surface area contributed by atoms with E-state index in [1.807, 2.05) is 0 Å². The Bertz CT molecular complexity index is 185. The van der Waals surface area contributed by atoms with Crippen molar-refractivity contribution in [2.24, 2.45) is 23.7 Å². The van der Waals surface area contributed by atoms with Crippen LogP contribution in [0.1, 0.15) is 19.3 Å². The Morgan fingerprint density at radius 2 is 2.11 bits per heavy atom. The summed E-state index contributed by atoms with van der Waals surface area (Å²) in [6, 6.07) is 0. The summed E-state index contributed by atoms with van der Waals surface area (Å²) in [5.74, 6) is 3.89. The highest BCUT2D eigenvalue weighted by Gasteiger charge is 2.64. The smallest absolute Gasteiger partial charge is 0.136 e. The van der Waals surface area contributed by atoms with Gasteiger partial charge in [0.15, 0.2) is 0 Å². The number of hydrogen-bond donors (Lipinski definition) is 0. The molecule has 0 radical (unpaired) electrons. The van der Waals surface area contributed by atoms with Crippen LogP contribution in [0.15, 0.2) is 0 Å². The quantitative estimate of drug-likeness (QED) is 0.472. The highest BCUT2D eigenvalue weighted by molar-refractivity contribution is 5.86. The van der Waals surface area contributed by atoms with E-state index in [9.17, 15) is 4.79 Å². The van der Waals surface area contributed by atoms with Gasteiger partial charge in [0.2, 0.25) is 0 Å². The van der Waals surface area contributed by atoms with Gasteiger partial charge >= 0.3 is 0 Å². The molecule has 3 aliphatic carbocycles. The Balaban J connectivity index is 2.04. The molecule has 0 aliphatic heterocycles. The molecule has 3 aliphatic rings. The number of fused-ring (bicyclic) bond motifs is 1. The fourth-order valence-corrected chi connectivity index (χ4v) is 3.09. The minimum atomic E-state index is 0.542. The van der Waals surface area contributed by atoms with E-state index in [1.165, 1.54) is 12.8 Å². The highest BCUT2D eigenvalue weighted by Crippen LogP contribution is 2.66. The van der Waals surface area contributed by atoms with Crippen LogP contribution in [0, 0.1) is 23.7 Å². The summed E-state index contributed by atoms with van der Waals surface area (Å²) in [7, 11) is 0. The van der Waals surface area contributed by atoms with Crippen LogP contribution in [0.4, 0.5) is 0 Å². The Hall–Kier alpha value is -0.330. The standard InChI is InChI=1S/C8H10O/c9-7-3-6-4-1-2-5(7)8(4)6/h4-6,8H,1-3H2. The normalized spacial score (nSPS) is 60.2. The molecular weight excluding hydrogens is 112 g/mol. The lowest BCUT2D eigenvalue weighted by Gasteiger charge is -1.98. The summed E-state index contributed by atoms with van der Waals surface area (Å²) in [6.45, 7) is 0. The van der Waals surface area contributed by atoms with Crippen LogP contribution < -0.4 is 0 Å². The van der Waals surface area contributed by atoms with E-state index in [0.717, 1.165) is 24.2 Å². The number of Topliss-reactive ketones (excluding diaryl/α,β-unsaturated/α-hetero) is 1. The van der Waals surface area contributed by atoms with E-state index in [2.05, 4.69) is 0 Å². The van der Waals surface area contributed by atoms with E-state index in [-0.39, 0.29) is 0 Å². The monoisotopic (exact) mass is 122 g/mol. The number of ketones is 1. The van der Waals surface area contributed by atoms with Crippen LogP contribution in [0.2, 0.25) is 0 Å². The maximum atomic E-state index is 11.1. The van der Waals surface area contributed by atoms with Gasteiger partial charge in [0.05, 0.1) is 0 Å². The zero-order valence-electron chi connectivity index (χ0n) is 5.34. The number of carbonyl (C=O) groups is 1. The van der Waals surface area contributed by atoms with Gasteiger partial charge in [0, 0.05) is 12.3 Å². The molecule has 0 heterocycles. The van der Waals surface area contributed by atoms with E-state index < -0.39 is 0 Å². The summed E-state index contributed by atoms with van der Waals surface area (Å²) >= 11 is 0. The molecule has 0 aromatic heterocycles. The van der Waals surface area contributed by atoms with Gasteiger partial charge in [0.25, 0.3) is 0 Å². The summed E-state index contributed by atoms with van der Waals surface area (Å²) in [4.78, 5) is 11.1.